The molecule has 1 aromatic heterocycles. The molecule has 5 nitrogen and oxygen atoms in total. The van der Waals surface area contributed by atoms with Gasteiger partial charge in [0.25, 0.3) is 0 Å². The van der Waals surface area contributed by atoms with Crippen LogP contribution in [0.15, 0.2) is 36.7 Å². The number of hydrogen-bond donors (Lipinski definition) is 1. The number of hydrogen-bond acceptors (Lipinski definition) is 4. The fourth-order valence-electron chi connectivity index (χ4n) is 1.99. The number of nitrogens with zero attached hydrogens (tertiary/aromatic N) is 2. The van der Waals surface area contributed by atoms with Crippen molar-refractivity contribution < 1.29 is 9.47 Å². The van der Waals surface area contributed by atoms with E-state index in [1.165, 1.54) is 0 Å². The highest BCUT2D eigenvalue weighted by molar-refractivity contribution is 5.44. The van der Waals surface area contributed by atoms with E-state index >= 15 is 0 Å². The summed E-state index contributed by atoms with van der Waals surface area (Å²) in [5.41, 5.74) is 6.93. The SMILES string of the molecule is NC1COc2cc(OCCn3cccn3)ccc21. The minimum atomic E-state index is -0.0156. The second-order valence-corrected chi connectivity index (χ2v) is 4.23. The van der Waals surface area contributed by atoms with Crippen LogP contribution in [0.5, 0.6) is 11.5 Å². The lowest BCUT2D eigenvalue weighted by molar-refractivity contribution is 0.288. The smallest absolute Gasteiger partial charge is 0.127 e. The van der Waals surface area contributed by atoms with E-state index in [4.69, 9.17) is 15.2 Å². The quantitative estimate of drug-likeness (QED) is 0.883. The van der Waals surface area contributed by atoms with Crippen LogP contribution in [-0.4, -0.2) is 23.0 Å². The Bertz CT molecular complexity index is 525. The molecule has 0 saturated heterocycles. The Morgan fingerprint density at radius 2 is 2.44 bits per heavy atom. The zero-order valence-electron chi connectivity index (χ0n) is 9.95. The fourth-order valence-corrected chi connectivity index (χ4v) is 1.99. The molecule has 0 saturated carbocycles. The molecule has 0 amide bonds. The molecule has 1 unspecified atom stereocenters. The second-order valence-electron chi connectivity index (χ2n) is 4.23. The molecule has 2 aromatic rings. The molecular weight excluding hydrogens is 230 g/mol. The van der Waals surface area contributed by atoms with Gasteiger partial charge in [-0.15, -0.1) is 0 Å². The molecule has 0 spiro atoms. The van der Waals surface area contributed by atoms with Gasteiger partial charge in [-0.2, -0.15) is 5.10 Å². The van der Waals surface area contributed by atoms with Gasteiger partial charge in [0, 0.05) is 24.0 Å². The van der Waals surface area contributed by atoms with E-state index in [2.05, 4.69) is 5.10 Å². The molecule has 2 N–H and O–H groups in total. The molecule has 1 aromatic carbocycles. The average molecular weight is 245 g/mol. The summed E-state index contributed by atoms with van der Waals surface area (Å²) in [5.74, 6) is 1.63. The predicted molar refractivity (Wildman–Crippen MR) is 66.6 cm³/mol. The van der Waals surface area contributed by atoms with Crippen molar-refractivity contribution in [2.75, 3.05) is 13.2 Å². The van der Waals surface area contributed by atoms with Crippen LogP contribution in [0, 0.1) is 0 Å². The number of aromatic nitrogens is 2. The highest BCUT2D eigenvalue weighted by Gasteiger charge is 2.20. The van der Waals surface area contributed by atoms with Crippen LogP contribution in [0.25, 0.3) is 0 Å². The summed E-state index contributed by atoms with van der Waals surface area (Å²) < 4.78 is 13.0. The molecule has 2 heterocycles. The lowest BCUT2D eigenvalue weighted by atomic mass is 10.1. The van der Waals surface area contributed by atoms with Crippen molar-refractivity contribution in [3.63, 3.8) is 0 Å². The van der Waals surface area contributed by atoms with Crippen molar-refractivity contribution >= 4 is 0 Å². The number of fused-ring (bicyclic) bond motifs is 1. The fraction of sp³-hybridized carbons (Fsp3) is 0.308. The van der Waals surface area contributed by atoms with Crippen molar-refractivity contribution in [1.82, 2.24) is 9.78 Å². The number of nitrogens with two attached hydrogens (primary N) is 1. The molecule has 18 heavy (non-hydrogen) atoms. The first-order valence-corrected chi connectivity index (χ1v) is 5.95. The third kappa shape index (κ3) is 2.17. The minimum Gasteiger partial charge on any atom is -0.492 e. The second kappa shape index (κ2) is 4.70. The Kier molecular flexibility index (Phi) is 2.90. The summed E-state index contributed by atoms with van der Waals surface area (Å²) >= 11 is 0. The van der Waals surface area contributed by atoms with E-state index in [0.717, 1.165) is 23.6 Å². The van der Waals surface area contributed by atoms with Crippen molar-refractivity contribution in [2.45, 2.75) is 12.6 Å². The van der Waals surface area contributed by atoms with E-state index in [9.17, 15) is 0 Å². The summed E-state index contributed by atoms with van der Waals surface area (Å²) in [4.78, 5) is 0. The predicted octanol–water partition coefficient (Wildman–Crippen LogP) is 1.35. The van der Waals surface area contributed by atoms with Gasteiger partial charge in [-0.1, -0.05) is 0 Å². The van der Waals surface area contributed by atoms with Gasteiger partial charge < -0.3 is 15.2 Å². The van der Waals surface area contributed by atoms with Gasteiger partial charge in [0.05, 0.1) is 12.6 Å². The average Bonchev–Trinajstić information content (AvgIpc) is 3.00. The molecule has 0 aliphatic carbocycles. The van der Waals surface area contributed by atoms with Crippen molar-refractivity contribution in [1.29, 1.82) is 0 Å². The van der Waals surface area contributed by atoms with Gasteiger partial charge in [-0.3, -0.25) is 4.68 Å². The monoisotopic (exact) mass is 245 g/mol. The highest BCUT2D eigenvalue weighted by atomic mass is 16.5. The minimum absolute atomic E-state index is 0.0156. The lowest BCUT2D eigenvalue weighted by Crippen LogP contribution is -2.10. The number of rotatable bonds is 4. The summed E-state index contributed by atoms with van der Waals surface area (Å²) in [5, 5.41) is 4.11. The zero-order valence-corrected chi connectivity index (χ0v) is 9.95. The van der Waals surface area contributed by atoms with Crippen LogP contribution in [0.4, 0.5) is 0 Å². The first-order chi connectivity index (χ1) is 8.83. The van der Waals surface area contributed by atoms with Gasteiger partial charge in [0.15, 0.2) is 0 Å². The normalized spacial score (nSPS) is 17.3. The summed E-state index contributed by atoms with van der Waals surface area (Å²) in [6.07, 6.45) is 3.67. The Labute approximate surface area is 105 Å². The molecule has 0 fully saturated rings. The largest absolute Gasteiger partial charge is 0.492 e. The van der Waals surface area contributed by atoms with E-state index in [1.807, 2.05) is 35.1 Å². The number of benzene rings is 1. The van der Waals surface area contributed by atoms with Gasteiger partial charge in [0.1, 0.15) is 24.7 Å². The Hall–Kier alpha value is -2.01. The van der Waals surface area contributed by atoms with Crippen LogP contribution in [0.3, 0.4) is 0 Å². The first kappa shape index (κ1) is 11.1. The molecule has 1 aliphatic heterocycles. The third-order valence-corrected chi connectivity index (χ3v) is 2.95. The topological polar surface area (TPSA) is 62.3 Å². The Morgan fingerprint density at radius 1 is 1.50 bits per heavy atom. The molecule has 1 atom stereocenters. The molecule has 5 heteroatoms. The molecular formula is C13H15N3O2. The van der Waals surface area contributed by atoms with Crippen LogP contribution >= 0.6 is 0 Å². The highest BCUT2D eigenvalue weighted by Crippen LogP contribution is 2.33. The van der Waals surface area contributed by atoms with Crippen molar-refractivity contribution in [3.05, 3.63) is 42.2 Å². The molecule has 0 bridgehead atoms. The summed E-state index contributed by atoms with van der Waals surface area (Å²) in [6.45, 7) is 1.85. The molecule has 1 aliphatic rings. The standard InChI is InChI=1S/C13H15N3O2/c14-12-9-18-13-8-10(2-3-11(12)13)17-7-6-16-5-1-4-15-16/h1-5,8,12H,6-7,9,14H2. The maximum atomic E-state index is 5.88. The van der Waals surface area contributed by atoms with Crippen LogP contribution < -0.4 is 15.2 Å². The van der Waals surface area contributed by atoms with E-state index < -0.39 is 0 Å². The summed E-state index contributed by atoms with van der Waals surface area (Å²) in [6, 6.07) is 7.67. The van der Waals surface area contributed by atoms with E-state index in [1.54, 1.807) is 6.20 Å². The van der Waals surface area contributed by atoms with Crippen LogP contribution in [0.1, 0.15) is 11.6 Å². The lowest BCUT2D eigenvalue weighted by Gasteiger charge is -2.08. The van der Waals surface area contributed by atoms with Crippen LogP contribution in [-0.2, 0) is 6.54 Å². The Balaban J connectivity index is 1.60. The summed E-state index contributed by atoms with van der Waals surface area (Å²) in [7, 11) is 0. The third-order valence-electron chi connectivity index (χ3n) is 2.95. The first-order valence-electron chi connectivity index (χ1n) is 5.95. The molecule has 94 valence electrons. The van der Waals surface area contributed by atoms with Gasteiger partial charge in [-0.05, 0) is 18.2 Å². The maximum Gasteiger partial charge on any atom is 0.127 e. The molecule has 0 radical (unpaired) electrons. The van der Waals surface area contributed by atoms with Gasteiger partial charge >= 0.3 is 0 Å². The van der Waals surface area contributed by atoms with Gasteiger partial charge in [-0.25, -0.2) is 0 Å². The molecule has 3 rings (SSSR count). The maximum absolute atomic E-state index is 5.88. The zero-order chi connectivity index (χ0) is 12.4. The van der Waals surface area contributed by atoms with Crippen molar-refractivity contribution in [2.24, 2.45) is 5.73 Å². The van der Waals surface area contributed by atoms with E-state index in [-0.39, 0.29) is 6.04 Å². The number of ether oxygens (including phenoxy) is 2. The van der Waals surface area contributed by atoms with Gasteiger partial charge in [0.2, 0.25) is 0 Å². The van der Waals surface area contributed by atoms with Crippen molar-refractivity contribution in [3.8, 4) is 11.5 Å². The van der Waals surface area contributed by atoms with Crippen LogP contribution in [0.2, 0.25) is 0 Å². The Morgan fingerprint density at radius 3 is 3.28 bits per heavy atom. The van der Waals surface area contributed by atoms with E-state index in [0.29, 0.717) is 13.2 Å².